The molecule has 19 heavy (non-hydrogen) atoms. The summed E-state index contributed by atoms with van der Waals surface area (Å²) in [5.74, 6) is -0.455. The number of primary amides is 1. The van der Waals surface area contributed by atoms with Gasteiger partial charge in [-0.1, -0.05) is 11.6 Å². The number of hydrogen-bond acceptors (Lipinski definition) is 3. The highest BCUT2D eigenvalue weighted by Gasteiger charge is 2.25. The van der Waals surface area contributed by atoms with Crippen LogP contribution in [-0.2, 0) is 4.79 Å². The molecule has 1 heterocycles. The Morgan fingerprint density at radius 3 is 2.47 bits per heavy atom. The maximum Gasteiger partial charge on any atom is 0.253 e. The molecule has 3 N–H and O–H groups in total. The first-order valence-corrected chi connectivity index (χ1v) is 6.66. The predicted molar refractivity (Wildman–Crippen MR) is 71.7 cm³/mol. The maximum absolute atomic E-state index is 12.0. The van der Waals surface area contributed by atoms with E-state index in [1.807, 2.05) is 0 Å². The van der Waals surface area contributed by atoms with Crippen LogP contribution in [0.15, 0.2) is 18.3 Å². The van der Waals surface area contributed by atoms with Gasteiger partial charge in [-0.25, -0.2) is 4.98 Å². The summed E-state index contributed by atoms with van der Waals surface area (Å²) in [5, 5.41) is 3.30. The average molecular weight is 282 g/mol. The summed E-state index contributed by atoms with van der Waals surface area (Å²) in [7, 11) is 0. The Morgan fingerprint density at radius 1 is 1.26 bits per heavy atom. The first-order valence-electron chi connectivity index (χ1n) is 6.28. The Balaban J connectivity index is 1.87. The zero-order valence-corrected chi connectivity index (χ0v) is 11.2. The van der Waals surface area contributed by atoms with E-state index in [0.29, 0.717) is 10.7 Å². The fraction of sp³-hybridized carbons (Fsp3) is 0.462. The summed E-state index contributed by atoms with van der Waals surface area (Å²) in [5.41, 5.74) is 5.76. The molecule has 1 aromatic rings. The molecule has 6 heteroatoms. The molecule has 0 atom stereocenters. The zero-order valence-electron chi connectivity index (χ0n) is 10.4. The molecule has 1 saturated carbocycles. The van der Waals surface area contributed by atoms with E-state index in [9.17, 15) is 9.59 Å². The second-order valence-electron chi connectivity index (χ2n) is 4.79. The van der Waals surface area contributed by atoms with Gasteiger partial charge >= 0.3 is 0 Å². The van der Waals surface area contributed by atoms with E-state index < -0.39 is 0 Å². The number of halogens is 1. The molecule has 0 aliphatic heterocycles. The van der Waals surface area contributed by atoms with Crippen molar-refractivity contribution >= 4 is 23.4 Å². The van der Waals surface area contributed by atoms with Crippen LogP contribution in [0.25, 0.3) is 0 Å². The molecule has 1 fully saturated rings. The van der Waals surface area contributed by atoms with Crippen LogP contribution in [0.3, 0.4) is 0 Å². The monoisotopic (exact) mass is 281 g/mol. The molecule has 102 valence electrons. The molecule has 1 aliphatic carbocycles. The first-order chi connectivity index (χ1) is 9.06. The van der Waals surface area contributed by atoms with Crippen LogP contribution in [0.2, 0.25) is 5.15 Å². The van der Waals surface area contributed by atoms with E-state index in [2.05, 4.69) is 10.3 Å². The number of hydrogen-bond donors (Lipinski definition) is 2. The topological polar surface area (TPSA) is 85.1 Å². The molecule has 1 aliphatic rings. The number of pyridine rings is 1. The molecular weight excluding hydrogens is 266 g/mol. The lowest BCUT2D eigenvalue weighted by Gasteiger charge is -2.27. The molecule has 2 rings (SSSR count). The van der Waals surface area contributed by atoms with Gasteiger partial charge in [-0.3, -0.25) is 9.59 Å². The SMILES string of the molecule is NC(=O)C1CCC(NC(=O)c2ccc(Cl)nc2)CC1. The van der Waals surface area contributed by atoms with Crippen molar-refractivity contribution in [2.24, 2.45) is 11.7 Å². The van der Waals surface area contributed by atoms with Gasteiger partial charge in [0, 0.05) is 18.2 Å². The number of nitrogens with two attached hydrogens (primary N) is 1. The van der Waals surface area contributed by atoms with Crippen molar-refractivity contribution in [3.63, 3.8) is 0 Å². The van der Waals surface area contributed by atoms with Crippen LogP contribution < -0.4 is 11.1 Å². The minimum absolute atomic E-state index is 0.0506. The normalized spacial score (nSPS) is 22.8. The van der Waals surface area contributed by atoms with Crippen LogP contribution >= 0.6 is 11.6 Å². The number of rotatable bonds is 3. The summed E-state index contributed by atoms with van der Waals surface area (Å²) in [6.45, 7) is 0. The van der Waals surface area contributed by atoms with Crippen molar-refractivity contribution in [3.05, 3.63) is 29.0 Å². The van der Waals surface area contributed by atoms with Gasteiger partial charge in [0.2, 0.25) is 5.91 Å². The number of amides is 2. The number of carbonyl (C=O) groups is 2. The lowest BCUT2D eigenvalue weighted by molar-refractivity contribution is -0.122. The van der Waals surface area contributed by atoms with E-state index in [1.165, 1.54) is 6.20 Å². The molecule has 0 unspecified atom stereocenters. The zero-order chi connectivity index (χ0) is 13.8. The predicted octanol–water partition coefficient (Wildman–Crippen LogP) is 1.51. The van der Waals surface area contributed by atoms with Gasteiger partial charge in [-0.2, -0.15) is 0 Å². The highest BCUT2D eigenvalue weighted by molar-refractivity contribution is 6.29. The fourth-order valence-electron chi connectivity index (χ4n) is 2.30. The van der Waals surface area contributed by atoms with E-state index in [-0.39, 0.29) is 23.8 Å². The molecular formula is C13H16ClN3O2. The fourth-order valence-corrected chi connectivity index (χ4v) is 2.41. The molecule has 1 aromatic heterocycles. The second-order valence-corrected chi connectivity index (χ2v) is 5.18. The second kappa shape index (κ2) is 6.02. The van der Waals surface area contributed by atoms with Gasteiger partial charge in [-0.15, -0.1) is 0 Å². The van der Waals surface area contributed by atoms with E-state index >= 15 is 0 Å². The quantitative estimate of drug-likeness (QED) is 0.824. The van der Waals surface area contributed by atoms with Gasteiger partial charge in [-0.05, 0) is 37.8 Å². The smallest absolute Gasteiger partial charge is 0.253 e. The third-order valence-electron chi connectivity index (χ3n) is 3.45. The van der Waals surface area contributed by atoms with Crippen molar-refractivity contribution in [2.45, 2.75) is 31.7 Å². The van der Waals surface area contributed by atoms with Crippen molar-refractivity contribution in [3.8, 4) is 0 Å². The Bertz CT molecular complexity index is 467. The van der Waals surface area contributed by atoms with Gasteiger partial charge in [0.15, 0.2) is 0 Å². The Morgan fingerprint density at radius 2 is 1.95 bits per heavy atom. The van der Waals surface area contributed by atoms with Crippen LogP contribution in [0.1, 0.15) is 36.0 Å². The van der Waals surface area contributed by atoms with E-state index in [1.54, 1.807) is 12.1 Å². The standard InChI is InChI=1S/C13H16ClN3O2/c14-11-6-3-9(7-16-11)13(19)17-10-4-1-8(2-5-10)12(15)18/h3,6-8,10H,1-2,4-5H2,(H2,15,18)(H,17,19). The molecule has 2 amide bonds. The van der Waals surface area contributed by atoms with E-state index in [4.69, 9.17) is 17.3 Å². The van der Waals surface area contributed by atoms with Crippen molar-refractivity contribution in [1.29, 1.82) is 0 Å². The summed E-state index contributed by atoms with van der Waals surface area (Å²) < 4.78 is 0. The van der Waals surface area contributed by atoms with Crippen LogP contribution in [0.5, 0.6) is 0 Å². The minimum Gasteiger partial charge on any atom is -0.369 e. The first kappa shape index (κ1) is 13.8. The van der Waals surface area contributed by atoms with Gasteiger partial charge in [0.1, 0.15) is 5.15 Å². The minimum atomic E-state index is -0.244. The van der Waals surface area contributed by atoms with Crippen LogP contribution in [0, 0.1) is 5.92 Å². The number of nitrogens with one attached hydrogen (secondary N) is 1. The Labute approximate surface area is 116 Å². The summed E-state index contributed by atoms with van der Waals surface area (Å²) in [6, 6.07) is 3.32. The van der Waals surface area contributed by atoms with Crippen LogP contribution in [-0.4, -0.2) is 22.8 Å². The lowest BCUT2D eigenvalue weighted by Crippen LogP contribution is -2.39. The van der Waals surface area contributed by atoms with Crippen LogP contribution in [0.4, 0.5) is 0 Å². The summed E-state index contributed by atoms with van der Waals surface area (Å²) in [4.78, 5) is 26.9. The number of carbonyl (C=O) groups excluding carboxylic acids is 2. The average Bonchev–Trinajstić information content (AvgIpc) is 2.40. The molecule has 0 spiro atoms. The summed E-state index contributed by atoms with van der Waals surface area (Å²) in [6.07, 6.45) is 4.48. The number of aromatic nitrogens is 1. The summed E-state index contributed by atoms with van der Waals surface area (Å²) >= 11 is 5.67. The molecule has 0 radical (unpaired) electrons. The number of nitrogens with zero attached hydrogens (tertiary/aromatic N) is 1. The third-order valence-corrected chi connectivity index (χ3v) is 3.68. The highest BCUT2D eigenvalue weighted by Crippen LogP contribution is 2.24. The molecule has 0 saturated heterocycles. The van der Waals surface area contributed by atoms with Gasteiger partial charge in [0.25, 0.3) is 5.91 Å². The maximum atomic E-state index is 12.0. The Kier molecular flexibility index (Phi) is 4.37. The third kappa shape index (κ3) is 3.67. The van der Waals surface area contributed by atoms with Crippen molar-refractivity contribution in [1.82, 2.24) is 10.3 Å². The van der Waals surface area contributed by atoms with Crippen molar-refractivity contribution in [2.75, 3.05) is 0 Å². The van der Waals surface area contributed by atoms with Crippen molar-refractivity contribution < 1.29 is 9.59 Å². The highest BCUT2D eigenvalue weighted by atomic mass is 35.5. The van der Waals surface area contributed by atoms with Gasteiger partial charge < -0.3 is 11.1 Å². The molecule has 5 nitrogen and oxygen atoms in total. The van der Waals surface area contributed by atoms with Gasteiger partial charge in [0.05, 0.1) is 5.56 Å². The lowest BCUT2D eigenvalue weighted by atomic mass is 9.85. The van der Waals surface area contributed by atoms with E-state index in [0.717, 1.165) is 25.7 Å². The Hall–Kier alpha value is -1.62. The largest absolute Gasteiger partial charge is 0.369 e. The molecule has 0 aromatic carbocycles. The molecule has 0 bridgehead atoms.